The van der Waals surface area contributed by atoms with E-state index in [-0.39, 0.29) is 0 Å². The Morgan fingerprint density at radius 2 is 1.17 bits per heavy atom. The molecule has 0 bridgehead atoms. The number of rotatable bonds is 2. The third-order valence-electron chi connectivity index (χ3n) is 2.98. The zero-order valence-electron chi connectivity index (χ0n) is 9.95. The van der Waals surface area contributed by atoms with Crippen LogP contribution in [-0.2, 0) is 0 Å². The Hall–Kier alpha value is -2.41. The average Bonchev–Trinajstić information content (AvgIpc) is 2.49. The molecule has 86 valence electrons. The zero-order chi connectivity index (χ0) is 12.2. The number of pyridine rings is 1. The van der Waals surface area contributed by atoms with Gasteiger partial charge in [0.15, 0.2) is 0 Å². The van der Waals surface area contributed by atoms with E-state index in [4.69, 9.17) is 0 Å². The minimum absolute atomic E-state index is 1.15. The van der Waals surface area contributed by atoms with Gasteiger partial charge in [0.05, 0.1) is 0 Å². The Balaban J connectivity index is 2.18. The van der Waals surface area contributed by atoms with Crippen LogP contribution in [0.3, 0.4) is 0 Å². The summed E-state index contributed by atoms with van der Waals surface area (Å²) in [6.45, 7) is 0. The molecule has 0 aliphatic heterocycles. The van der Waals surface area contributed by atoms with Crippen LogP contribution in [0.5, 0.6) is 0 Å². The highest BCUT2D eigenvalue weighted by Gasteiger charge is 2.05. The van der Waals surface area contributed by atoms with Gasteiger partial charge in [-0.25, -0.2) is 0 Å². The van der Waals surface area contributed by atoms with Gasteiger partial charge in [-0.05, 0) is 22.8 Å². The lowest BCUT2D eigenvalue weighted by Gasteiger charge is -2.09. The normalized spacial score (nSPS) is 10.2. The maximum absolute atomic E-state index is 4.20. The molecule has 0 aliphatic rings. The molecule has 18 heavy (non-hydrogen) atoms. The molecule has 2 aromatic carbocycles. The van der Waals surface area contributed by atoms with E-state index in [0.717, 1.165) is 5.56 Å². The highest BCUT2D eigenvalue weighted by Crippen LogP contribution is 2.31. The quantitative estimate of drug-likeness (QED) is 0.636. The first kappa shape index (κ1) is 10.7. The largest absolute Gasteiger partial charge is 0.264 e. The zero-order valence-corrected chi connectivity index (χ0v) is 9.95. The maximum atomic E-state index is 4.20. The summed E-state index contributed by atoms with van der Waals surface area (Å²) in [6, 6.07) is 22.9. The Kier molecular flexibility index (Phi) is 2.89. The summed E-state index contributed by atoms with van der Waals surface area (Å²) in [5.41, 5.74) is 4.84. The Morgan fingerprint density at radius 3 is 1.83 bits per heavy atom. The monoisotopic (exact) mass is 231 g/mol. The molecule has 0 unspecified atom stereocenters. The molecule has 0 amide bonds. The second kappa shape index (κ2) is 4.84. The first-order valence-corrected chi connectivity index (χ1v) is 6.00. The molecule has 3 rings (SSSR count). The first-order chi connectivity index (χ1) is 8.95. The molecule has 0 spiro atoms. The number of hydrogen-bond acceptors (Lipinski definition) is 1. The van der Waals surface area contributed by atoms with Gasteiger partial charge in [0.2, 0.25) is 0 Å². The van der Waals surface area contributed by atoms with Crippen molar-refractivity contribution in [2.45, 2.75) is 0 Å². The molecule has 1 heteroatoms. The van der Waals surface area contributed by atoms with Crippen molar-refractivity contribution < 1.29 is 0 Å². The molecule has 0 radical (unpaired) electrons. The first-order valence-electron chi connectivity index (χ1n) is 6.00. The van der Waals surface area contributed by atoms with Gasteiger partial charge in [0.1, 0.15) is 0 Å². The lowest BCUT2D eigenvalue weighted by molar-refractivity contribution is 1.33. The smallest absolute Gasteiger partial charge is 0.0346 e. The molecular weight excluding hydrogens is 218 g/mol. The lowest BCUT2D eigenvalue weighted by atomic mass is 9.96. The average molecular weight is 231 g/mol. The van der Waals surface area contributed by atoms with Crippen molar-refractivity contribution in [3.8, 4) is 22.3 Å². The lowest BCUT2D eigenvalue weighted by Crippen LogP contribution is -1.85. The van der Waals surface area contributed by atoms with Gasteiger partial charge in [0, 0.05) is 18.0 Å². The van der Waals surface area contributed by atoms with Gasteiger partial charge in [-0.3, -0.25) is 4.98 Å². The van der Waals surface area contributed by atoms with E-state index >= 15 is 0 Å². The highest BCUT2D eigenvalue weighted by molar-refractivity contribution is 5.82. The fourth-order valence-electron chi connectivity index (χ4n) is 2.13. The number of hydrogen-bond donors (Lipinski definition) is 0. The topological polar surface area (TPSA) is 12.9 Å². The van der Waals surface area contributed by atoms with E-state index in [9.17, 15) is 0 Å². The molecule has 0 fully saturated rings. The molecular formula is C17H13N. The van der Waals surface area contributed by atoms with Crippen LogP contribution in [0.1, 0.15) is 0 Å². The molecule has 1 nitrogen and oxygen atoms in total. The SMILES string of the molecule is c1ccc(-c2ccccc2-c2cccnc2)cc1. The van der Waals surface area contributed by atoms with E-state index in [2.05, 4.69) is 59.6 Å². The van der Waals surface area contributed by atoms with Crippen LogP contribution >= 0.6 is 0 Å². The molecule has 0 atom stereocenters. The van der Waals surface area contributed by atoms with E-state index in [1.807, 2.05) is 18.3 Å². The summed E-state index contributed by atoms with van der Waals surface area (Å²) in [7, 11) is 0. The Bertz CT molecular complexity index is 572. The second-order valence-electron chi connectivity index (χ2n) is 4.15. The van der Waals surface area contributed by atoms with Crippen LogP contribution in [0.15, 0.2) is 79.1 Å². The molecule has 1 heterocycles. The maximum Gasteiger partial charge on any atom is 0.0346 e. The Labute approximate surface area is 107 Å². The van der Waals surface area contributed by atoms with Crippen LogP contribution in [0, 0.1) is 0 Å². The van der Waals surface area contributed by atoms with Crippen molar-refractivity contribution in [1.82, 2.24) is 4.98 Å². The fourth-order valence-corrected chi connectivity index (χ4v) is 2.13. The van der Waals surface area contributed by atoms with Crippen molar-refractivity contribution in [2.75, 3.05) is 0 Å². The van der Waals surface area contributed by atoms with Crippen molar-refractivity contribution in [3.63, 3.8) is 0 Å². The summed E-state index contributed by atoms with van der Waals surface area (Å²) >= 11 is 0. The van der Waals surface area contributed by atoms with Crippen LogP contribution in [0.4, 0.5) is 0 Å². The third-order valence-corrected chi connectivity index (χ3v) is 2.98. The molecule has 0 N–H and O–H groups in total. The summed E-state index contributed by atoms with van der Waals surface area (Å²) in [5.74, 6) is 0. The summed E-state index contributed by atoms with van der Waals surface area (Å²) in [6.07, 6.45) is 3.70. The summed E-state index contributed by atoms with van der Waals surface area (Å²) in [4.78, 5) is 4.20. The fraction of sp³-hybridized carbons (Fsp3) is 0. The van der Waals surface area contributed by atoms with Gasteiger partial charge in [-0.2, -0.15) is 0 Å². The van der Waals surface area contributed by atoms with E-state index in [1.165, 1.54) is 16.7 Å². The molecule has 0 saturated carbocycles. The summed E-state index contributed by atoms with van der Waals surface area (Å²) < 4.78 is 0. The van der Waals surface area contributed by atoms with Crippen molar-refractivity contribution in [2.24, 2.45) is 0 Å². The predicted molar refractivity (Wildman–Crippen MR) is 75.1 cm³/mol. The van der Waals surface area contributed by atoms with Gasteiger partial charge < -0.3 is 0 Å². The molecule has 0 saturated heterocycles. The standard InChI is InChI=1S/C17H13N/c1-2-7-14(8-3-1)16-10-4-5-11-17(16)15-9-6-12-18-13-15/h1-13H. The van der Waals surface area contributed by atoms with Gasteiger partial charge in [-0.1, -0.05) is 60.7 Å². The second-order valence-corrected chi connectivity index (χ2v) is 4.15. The van der Waals surface area contributed by atoms with Crippen LogP contribution in [0.2, 0.25) is 0 Å². The molecule has 0 aliphatic carbocycles. The molecule has 1 aromatic heterocycles. The van der Waals surface area contributed by atoms with Crippen LogP contribution < -0.4 is 0 Å². The van der Waals surface area contributed by atoms with Crippen molar-refractivity contribution in [1.29, 1.82) is 0 Å². The van der Waals surface area contributed by atoms with Crippen molar-refractivity contribution >= 4 is 0 Å². The summed E-state index contributed by atoms with van der Waals surface area (Å²) in [5, 5.41) is 0. The number of nitrogens with zero attached hydrogens (tertiary/aromatic N) is 1. The number of benzene rings is 2. The minimum atomic E-state index is 1.15. The van der Waals surface area contributed by atoms with Gasteiger partial charge in [-0.15, -0.1) is 0 Å². The van der Waals surface area contributed by atoms with Gasteiger partial charge in [0.25, 0.3) is 0 Å². The minimum Gasteiger partial charge on any atom is -0.264 e. The predicted octanol–water partition coefficient (Wildman–Crippen LogP) is 4.42. The highest BCUT2D eigenvalue weighted by atomic mass is 14.6. The van der Waals surface area contributed by atoms with Crippen LogP contribution in [-0.4, -0.2) is 4.98 Å². The molecule has 3 aromatic rings. The van der Waals surface area contributed by atoms with Crippen LogP contribution in [0.25, 0.3) is 22.3 Å². The third kappa shape index (κ3) is 2.03. The Morgan fingerprint density at radius 1 is 0.556 bits per heavy atom. The van der Waals surface area contributed by atoms with E-state index in [0.29, 0.717) is 0 Å². The van der Waals surface area contributed by atoms with Gasteiger partial charge >= 0.3 is 0 Å². The number of aromatic nitrogens is 1. The van der Waals surface area contributed by atoms with E-state index in [1.54, 1.807) is 6.20 Å². The van der Waals surface area contributed by atoms with Crippen molar-refractivity contribution in [3.05, 3.63) is 79.1 Å². The van der Waals surface area contributed by atoms with E-state index < -0.39 is 0 Å².